The van der Waals surface area contributed by atoms with E-state index >= 15 is 0 Å². The number of para-hydroxylation sites is 1. The lowest BCUT2D eigenvalue weighted by molar-refractivity contribution is -0.125. The number of aromatic hydroxyl groups is 1. The van der Waals surface area contributed by atoms with Crippen molar-refractivity contribution in [2.75, 3.05) is 0 Å². The molecule has 0 bridgehead atoms. The molecule has 1 saturated carbocycles. The molecule has 1 aromatic carbocycles. The van der Waals surface area contributed by atoms with Crippen molar-refractivity contribution >= 4 is 11.6 Å². The number of carbonyl (C=O) groups excluding carboxylic acids is 1. The first kappa shape index (κ1) is 13.6. The molecule has 1 aliphatic carbocycles. The Morgan fingerprint density at radius 3 is 2.63 bits per heavy atom. The largest absolute Gasteiger partial charge is 0.507 e. The van der Waals surface area contributed by atoms with E-state index in [2.05, 4.69) is 10.5 Å². The second kappa shape index (κ2) is 6.36. The van der Waals surface area contributed by atoms with Crippen molar-refractivity contribution in [2.24, 2.45) is 11.0 Å². The highest BCUT2D eigenvalue weighted by atomic mass is 16.3. The van der Waals surface area contributed by atoms with Crippen LogP contribution in [0.2, 0.25) is 0 Å². The van der Waals surface area contributed by atoms with Gasteiger partial charge in [-0.25, -0.2) is 5.43 Å². The molecule has 1 aromatic rings. The summed E-state index contributed by atoms with van der Waals surface area (Å²) in [5, 5.41) is 13.8. The minimum Gasteiger partial charge on any atom is -0.507 e. The highest BCUT2D eigenvalue weighted by Gasteiger charge is 2.20. The van der Waals surface area contributed by atoms with E-state index in [1.807, 2.05) is 6.07 Å². The number of carbonyl (C=O) groups is 1. The van der Waals surface area contributed by atoms with Gasteiger partial charge in [0.25, 0.3) is 0 Å². The van der Waals surface area contributed by atoms with Crippen LogP contribution in [-0.2, 0) is 4.79 Å². The molecule has 0 aliphatic heterocycles. The lowest BCUT2D eigenvalue weighted by Crippen LogP contribution is -2.29. The third-order valence-corrected chi connectivity index (χ3v) is 3.60. The molecule has 19 heavy (non-hydrogen) atoms. The van der Waals surface area contributed by atoms with E-state index in [9.17, 15) is 9.90 Å². The zero-order chi connectivity index (χ0) is 13.7. The predicted octanol–water partition coefficient (Wildman–Crippen LogP) is 2.81. The van der Waals surface area contributed by atoms with Crippen molar-refractivity contribution in [2.45, 2.75) is 39.0 Å². The molecule has 1 aliphatic rings. The normalized spacial score (nSPS) is 17.2. The first-order valence-electron chi connectivity index (χ1n) is 6.81. The molecule has 1 amide bonds. The van der Waals surface area contributed by atoms with Crippen LogP contribution in [0.1, 0.15) is 44.6 Å². The number of nitrogens with one attached hydrogen (secondary N) is 1. The SMILES string of the molecule is CC(=NNC(=O)C1CCCCC1)c1ccccc1O. The van der Waals surface area contributed by atoms with Crippen molar-refractivity contribution in [1.29, 1.82) is 0 Å². The Kier molecular flexibility index (Phi) is 4.55. The van der Waals surface area contributed by atoms with E-state index in [0.29, 0.717) is 11.3 Å². The van der Waals surface area contributed by atoms with Crippen molar-refractivity contribution in [3.8, 4) is 5.75 Å². The van der Waals surface area contributed by atoms with Crippen molar-refractivity contribution < 1.29 is 9.90 Å². The second-order valence-corrected chi connectivity index (χ2v) is 5.03. The van der Waals surface area contributed by atoms with Crippen molar-refractivity contribution in [3.05, 3.63) is 29.8 Å². The summed E-state index contributed by atoms with van der Waals surface area (Å²) in [7, 11) is 0. The van der Waals surface area contributed by atoms with Gasteiger partial charge in [0.1, 0.15) is 5.75 Å². The maximum atomic E-state index is 11.9. The Morgan fingerprint density at radius 2 is 1.95 bits per heavy atom. The van der Waals surface area contributed by atoms with Crippen LogP contribution < -0.4 is 5.43 Å². The molecule has 4 nitrogen and oxygen atoms in total. The summed E-state index contributed by atoms with van der Waals surface area (Å²) >= 11 is 0. The summed E-state index contributed by atoms with van der Waals surface area (Å²) in [6.07, 6.45) is 5.39. The van der Waals surface area contributed by atoms with Gasteiger partial charge in [0.15, 0.2) is 0 Å². The number of rotatable bonds is 3. The molecule has 0 radical (unpaired) electrons. The van der Waals surface area contributed by atoms with Crippen molar-refractivity contribution in [3.63, 3.8) is 0 Å². The van der Waals surface area contributed by atoms with E-state index < -0.39 is 0 Å². The summed E-state index contributed by atoms with van der Waals surface area (Å²) in [5.41, 5.74) is 3.87. The summed E-state index contributed by atoms with van der Waals surface area (Å²) in [6, 6.07) is 6.97. The van der Waals surface area contributed by atoms with E-state index in [1.54, 1.807) is 25.1 Å². The van der Waals surface area contributed by atoms with Crippen LogP contribution in [0.15, 0.2) is 29.4 Å². The van der Waals surface area contributed by atoms with Gasteiger partial charge >= 0.3 is 0 Å². The van der Waals surface area contributed by atoms with Crippen LogP contribution in [0.4, 0.5) is 0 Å². The molecule has 1 fully saturated rings. The molecular formula is C15H20N2O2. The van der Waals surface area contributed by atoms with E-state index in [4.69, 9.17) is 0 Å². The van der Waals surface area contributed by atoms with E-state index in [0.717, 1.165) is 25.7 Å². The summed E-state index contributed by atoms with van der Waals surface area (Å²) in [5.74, 6) is 0.264. The molecule has 0 saturated heterocycles. The fraction of sp³-hybridized carbons (Fsp3) is 0.467. The fourth-order valence-electron chi connectivity index (χ4n) is 2.43. The summed E-state index contributed by atoms with van der Waals surface area (Å²) < 4.78 is 0. The molecular weight excluding hydrogens is 240 g/mol. The van der Waals surface area contributed by atoms with Gasteiger partial charge in [-0.3, -0.25) is 4.79 Å². The van der Waals surface area contributed by atoms with Gasteiger partial charge in [-0.1, -0.05) is 31.4 Å². The highest BCUT2D eigenvalue weighted by molar-refractivity contribution is 6.01. The van der Waals surface area contributed by atoms with E-state index in [-0.39, 0.29) is 17.6 Å². The Bertz CT molecular complexity index is 477. The molecule has 0 spiro atoms. The third kappa shape index (κ3) is 3.56. The number of phenolic OH excluding ortho intramolecular Hbond substituents is 1. The summed E-state index contributed by atoms with van der Waals surface area (Å²) in [6.45, 7) is 1.77. The van der Waals surface area contributed by atoms with Gasteiger partial charge in [0.05, 0.1) is 5.71 Å². The first-order chi connectivity index (χ1) is 9.18. The standard InChI is InChI=1S/C15H20N2O2/c1-11(13-9-5-6-10-14(13)18)16-17-15(19)12-7-3-2-4-8-12/h5-6,9-10,12,18H,2-4,7-8H2,1H3,(H,17,19). The molecule has 0 heterocycles. The number of hydrogen-bond donors (Lipinski definition) is 2. The number of nitrogens with zero attached hydrogens (tertiary/aromatic N) is 1. The molecule has 2 N–H and O–H groups in total. The topological polar surface area (TPSA) is 61.7 Å². The molecule has 2 rings (SSSR count). The average Bonchev–Trinajstić information content (AvgIpc) is 2.46. The van der Waals surface area contributed by atoms with Crippen LogP contribution >= 0.6 is 0 Å². The zero-order valence-corrected chi connectivity index (χ0v) is 11.2. The molecule has 0 aromatic heterocycles. The number of hydrogen-bond acceptors (Lipinski definition) is 3. The van der Waals surface area contributed by atoms with Gasteiger partial charge in [-0.05, 0) is 31.9 Å². The van der Waals surface area contributed by atoms with Crippen LogP contribution in [-0.4, -0.2) is 16.7 Å². The Hall–Kier alpha value is -1.84. The zero-order valence-electron chi connectivity index (χ0n) is 11.2. The highest BCUT2D eigenvalue weighted by Crippen LogP contribution is 2.23. The monoisotopic (exact) mass is 260 g/mol. The Morgan fingerprint density at radius 1 is 1.26 bits per heavy atom. The molecule has 0 unspecified atom stereocenters. The number of amides is 1. The second-order valence-electron chi connectivity index (χ2n) is 5.03. The minimum atomic E-state index is -0.00512. The van der Waals surface area contributed by atoms with Crippen LogP contribution in [0.5, 0.6) is 5.75 Å². The maximum Gasteiger partial charge on any atom is 0.243 e. The van der Waals surface area contributed by atoms with E-state index in [1.165, 1.54) is 6.42 Å². The third-order valence-electron chi connectivity index (χ3n) is 3.60. The van der Waals surface area contributed by atoms with Crippen LogP contribution in [0.25, 0.3) is 0 Å². The van der Waals surface area contributed by atoms with Crippen LogP contribution in [0.3, 0.4) is 0 Å². The molecule has 102 valence electrons. The van der Waals surface area contributed by atoms with Gasteiger partial charge in [-0.15, -0.1) is 0 Å². The van der Waals surface area contributed by atoms with Gasteiger partial charge in [-0.2, -0.15) is 5.10 Å². The first-order valence-corrected chi connectivity index (χ1v) is 6.81. The predicted molar refractivity (Wildman–Crippen MR) is 75.0 cm³/mol. The number of hydrazone groups is 1. The average molecular weight is 260 g/mol. The summed E-state index contributed by atoms with van der Waals surface area (Å²) in [4.78, 5) is 11.9. The lowest BCUT2D eigenvalue weighted by Gasteiger charge is -2.19. The van der Waals surface area contributed by atoms with Crippen molar-refractivity contribution in [1.82, 2.24) is 5.43 Å². The Labute approximate surface area is 113 Å². The smallest absolute Gasteiger partial charge is 0.243 e. The lowest BCUT2D eigenvalue weighted by atomic mass is 9.89. The number of benzene rings is 1. The minimum absolute atomic E-state index is 0.00512. The fourth-order valence-corrected chi connectivity index (χ4v) is 2.43. The van der Waals surface area contributed by atoms with Crippen LogP contribution in [0, 0.1) is 5.92 Å². The Balaban J connectivity index is 1.98. The van der Waals surface area contributed by atoms with Gasteiger partial charge < -0.3 is 5.11 Å². The van der Waals surface area contributed by atoms with Gasteiger partial charge in [0.2, 0.25) is 5.91 Å². The quantitative estimate of drug-likeness (QED) is 0.648. The molecule has 4 heteroatoms. The van der Waals surface area contributed by atoms with Gasteiger partial charge in [0, 0.05) is 11.5 Å². The maximum absolute atomic E-state index is 11.9. The number of phenols is 1. The molecule has 0 atom stereocenters.